The number of para-hydroxylation sites is 1. The van der Waals surface area contributed by atoms with E-state index in [0.717, 1.165) is 41.7 Å². The van der Waals surface area contributed by atoms with Gasteiger partial charge in [0.25, 0.3) is 0 Å². The normalized spacial score (nSPS) is 14.0. The van der Waals surface area contributed by atoms with Crippen LogP contribution in [0.4, 0.5) is 5.69 Å². The summed E-state index contributed by atoms with van der Waals surface area (Å²) in [5.74, 6) is -2.02. The molecule has 1 heterocycles. The molecule has 4 rings (SSSR count). The molecule has 8 heteroatoms. The highest BCUT2D eigenvalue weighted by atomic mass is 16.4. The number of aliphatic carboxylic acids is 2. The van der Waals surface area contributed by atoms with Crippen LogP contribution in [0.5, 0.6) is 0 Å². The molecule has 1 aliphatic carbocycles. The van der Waals surface area contributed by atoms with E-state index in [9.17, 15) is 19.5 Å². The molecule has 8 nitrogen and oxygen atoms in total. The van der Waals surface area contributed by atoms with Crippen molar-refractivity contribution in [3.63, 3.8) is 0 Å². The number of aliphatic hydroxyl groups is 1. The van der Waals surface area contributed by atoms with Crippen molar-refractivity contribution >= 4 is 46.0 Å². The van der Waals surface area contributed by atoms with Gasteiger partial charge in [-0.1, -0.05) is 37.6 Å². The van der Waals surface area contributed by atoms with Gasteiger partial charge in [0.2, 0.25) is 17.0 Å². The summed E-state index contributed by atoms with van der Waals surface area (Å²) in [6.07, 6.45) is 4.68. The van der Waals surface area contributed by atoms with Crippen molar-refractivity contribution in [1.82, 2.24) is 0 Å². The summed E-state index contributed by atoms with van der Waals surface area (Å²) in [6, 6.07) is 19.2. The SMILES string of the molecule is CCCC[n+]1c(C=C2C(=O)C(c3ccc(N(CCCC(=O)O)CCCC(=O)O)cc3)=C2O)ccc2ccccc21. The van der Waals surface area contributed by atoms with Crippen LogP contribution >= 0.6 is 0 Å². The standard InChI is InChI=1S/C32H34N2O6/c1-2-3-20-34-25(17-12-22-8-4-5-9-27(22)34)21-26-31(39)30(32(26)40)23-13-15-24(16-14-23)33(18-6-10-28(35)36)19-7-11-29(37)38/h4-5,8-9,12-17,21H,2-3,6-7,10-11,18-20H2,1H3,(H2-,35,36,37,38,39,40)/p+1. The van der Waals surface area contributed by atoms with Gasteiger partial charge < -0.3 is 20.2 Å². The van der Waals surface area contributed by atoms with Crippen molar-refractivity contribution in [3.8, 4) is 0 Å². The molecule has 1 aromatic heterocycles. The van der Waals surface area contributed by atoms with Crippen LogP contribution in [0.1, 0.15) is 56.7 Å². The summed E-state index contributed by atoms with van der Waals surface area (Å²) in [5, 5.41) is 30.0. The highest BCUT2D eigenvalue weighted by Crippen LogP contribution is 2.37. The summed E-state index contributed by atoms with van der Waals surface area (Å²) in [7, 11) is 0. The number of unbranched alkanes of at least 4 members (excludes halogenated alkanes) is 1. The molecule has 3 aromatic rings. The molecule has 208 valence electrons. The number of aryl methyl sites for hydroxylation is 1. The molecule has 0 saturated carbocycles. The maximum absolute atomic E-state index is 13.2. The minimum atomic E-state index is -0.879. The Labute approximate surface area is 233 Å². The smallest absolute Gasteiger partial charge is 0.303 e. The quantitative estimate of drug-likeness (QED) is 0.184. The number of nitrogens with zero attached hydrogens (tertiary/aromatic N) is 2. The first-order chi connectivity index (χ1) is 19.3. The number of ketones is 1. The number of rotatable bonds is 14. The molecule has 0 aliphatic heterocycles. The number of hydrogen-bond donors (Lipinski definition) is 3. The molecule has 3 N–H and O–H groups in total. The topological polar surface area (TPSA) is 119 Å². The number of hydrogen-bond acceptors (Lipinski definition) is 5. The molecule has 0 bridgehead atoms. The number of aromatic nitrogens is 1. The van der Waals surface area contributed by atoms with E-state index in [4.69, 9.17) is 10.2 Å². The molecular formula is C32H35N2O6+. The third-order valence-electron chi connectivity index (χ3n) is 7.12. The first-order valence-electron chi connectivity index (χ1n) is 13.7. The van der Waals surface area contributed by atoms with Gasteiger partial charge >= 0.3 is 11.9 Å². The minimum Gasteiger partial charge on any atom is -0.506 e. The number of anilines is 1. The lowest BCUT2D eigenvalue weighted by Crippen LogP contribution is -2.38. The van der Waals surface area contributed by atoms with E-state index in [2.05, 4.69) is 23.6 Å². The van der Waals surface area contributed by atoms with Crippen LogP contribution in [0.15, 0.2) is 72.0 Å². The Bertz CT molecular complexity index is 1450. The second-order valence-electron chi connectivity index (χ2n) is 9.96. The molecular weight excluding hydrogens is 508 g/mol. The van der Waals surface area contributed by atoms with Crippen LogP contribution in [0.3, 0.4) is 0 Å². The Kier molecular flexibility index (Phi) is 9.32. The third-order valence-corrected chi connectivity index (χ3v) is 7.12. The molecule has 0 saturated heterocycles. The van der Waals surface area contributed by atoms with E-state index in [1.807, 2.05) is 41.3 Å². The number of aliphatic hydroxyl groups excluding tert-OH is 1. The van der Waals surface area contributed by atoms with Gasteiger partial charge in [0.15, 0.2) is 0 Å². The van der Waals surface area contributed by atoms with Gasteiger partial charge in [-0.3, -0.25) is 14.4 Å². The summed E-state index contributed by atoms with van der Waals surface area (Å²) in [5.41, 5.74) is 3.88. The molecule has 0 fully saturated rings. The third kappa shape index (κ3) is 6.57. The van der Waals surface area contributed by atoms with Crippen LogP contribution in [-0.4, -0.2) is 46.1 Å². The lowest BCUT2D eigenvalue weighted by molar-refractivity contribution is -0.673. The number of pyridine rings is 1. The second-order valence-corrected chi connectivity index (χ2v) is 9.96. The van der Waals surface area contributed by atoms with Gasteiger partial charge in [0, 0.05) is 61.6 Å². The highest BCUT2D eigenvalue weighted by Gasteiger charge is 2.35. The van der Waals surface area contributed by atoms with E-state index in [-0.39, 0.29) is 35.5 Å². The van der Waals surface area contributed by atoms with Crippen molar-refractivity contribution in [3.05, 3.63) is 83.3 Å². The highest BCUT2D eigenvalue weighted by molar-refractivity contribution is 6.40. The Morgan fingerprint density at radius 3 is 2.12 bits per heavy atom. The van der Waals surface area contributed by atoms with Crippen LogP contribution in [0, 0.1) is 0 Å². The molecule has 0 atom stereocenters. The number of carbonyl (C=O) groups is 3. The van der Waals surface area contributed by atoms with Crippen molar-refractivity contribution < 1.29 is 34.3 Å². The Morgan fingerprint density at radius 1 is 0.875 bits per heavy atom. The van der Waals surface area contributed by atoms with Crippen LogP contribution in [-0.2, 0) is 20.9 Å². The van der Waals surface area contributed by atoms with Crippen LogP contribution in [0.2, 0.25) is 0 Å². The van der Waals surface area contributed by atoms with E-state index >= 15 is 0 Å². The van der Waals surface area contributed by atoms with Gasteiger partial charge in [-0.15, -0.1) is 0 Å². The zero-order valence-corrected chi connectivity index (χ0v) is 22.7. The number of carboxylic acid groups (broad SMARTS) is 2. The van der Waals surface area contributed by atoms with Crippen molar-refractivity contribution in [2.75, 3.05) is 18.0 Å². The van der Waals surface area contributed by atoms with E-state index in [0.29, 0.717) is 31.5 Å². The first-order valence-corrected chi connectivity index (χ1v) is 13.7. The molecule has 0 amide bonds. The second kappa shape index (κ2) is 13.1. The van der Waals surface area contributed by atoms with Crippen LogP contribution in [0.25, 0.3) is 22.6 Å². The number of allylic oxidation sites excluding steroid dienone is 2. The largest absolute Gasteiger partial charge is 0.506 e. The number of carbonyl (C=O) groups excluding carboxylic acids is 1. The molecule has 1 aliphatic rings. The van der Waals surface area contributed by atoms with Gasteiger partial charge in [-0.05, 0) is 42.7 Å². The lowest BCUT2D eigenvalue weighted by atomic mass is 9.83. The maximum Gasteiger partial charge on any atom is 0.303 e. The van der Waals surface area contributed by atoms with E-state index in [1.165, 1.54) is 0 Å². The van der Waals surface area contributed by atoms with E-state index in [1.54, 1.807) is 18.2 Å². The predicted octanol–water partition coefficient (Wildman–Crippen LogP) is 5.40. The van der Waals surface area contributed by atoms with Gasteiger partial charge in [-0.25, -0.2) is 0 Å². The van der Waals surface area contributed by atoms with Crippen molar-refractivity contribution in [1.29, 1.82) is 0 Å². The van der Waals surface area contributed by atoms with Gasteiger partial charge in [-0.2, -0.15) is 4.57 Å². The fraction of sp³-hybridized carbons (Fsp3) is 0.312. The monoisotopic (exact) mass is 543 g/mol. The van der Waals surface area contributed by atoms with Crippen molar-refractivity contribution in [2.24, 2.45) is 0 Å². The average Bonchev–Trinajstić information content (AvgIpc) is 2.94. The fourth-order valence-electron chi connectivity index (χ4n) is 4.99. The summed E-state index contributed by atoms with van der Waals surface area (Å²) in [6.45, 7) is 3.87. The molecule has 0 spiro atoms. The van der Waals surface area contributed by atoms with Gasteiger partial charge in [0.1, 0.15) is 12.3 Å². The number of carboxylic acids is 2. The van der Waals surface area contributed by atoms with E-state index < -0.39 is 11.9 Å². The fourth-order valence-corrected chi connectivity index (χ4v) is 4.99. The maximum atomic E-state index is 13.2. The Balaban J connectivity index is 1.57. The Hall–Kier alpha value is -4.46. The summed E-state index contributed by atoms with van der Waals surface area (Å²) in [4.78, 5) is 37.0. The molecule has 40 heavy (non-hydrogen) atoms. The molecule has 0 unspecified atom stereocenters. The number of Topliss-reactive ketones (excluding diaryl/α,β-unsaturated/α-hetero) is 1. The number of benzene rings is 2. The molecule has 0 radical (unpaired) electrons. The summed E-state index contributed by atoms with van der Waals surface area (Å²) < 4.78 is 2.18. The predicted molar refractivity (Wildman–Crippen MR) is 154 cm³/mol. The first kappa shape index (κ1) is 28.5. The van der Waals surface area contributed by atoms with Gasteiger partial charge in [0.05, 0.1) is 11.1 Å². The average molecular weight is 544 g/mol. The van der Waals surface area contributed by atoms with Crippen molar-refractivity contribution in [2.45, 2.75) is 52.0 Å². The number of fused-ring (bicyclic) bond motifs is 1. The van der Waals surface area contributed by atoms with Crippen LogP contribution < -0.4 is 9.47 Å². The lowest BCUT2D eigenvalue weighted by Gasteiger charge is -2.26. The zero-order chi connectivity index (χ0) is 28.6. The Morgan fingerprint density at radius 2 is 1.52 bits per heavy atom. The molecule has 2 aromatic carbocycles. The zero-order valence-electron chi connectivity index (χ0n) is 22.7. The minimum absolute atomic E-state index is 0.0214. The summed E-state index contributed by atoms with van der Waals surface area (Å²) >= 11 is 0.